The van der Waals surface area contributed by atoms with E-state index >= 15 is 0 Å². The molecule has 0 bridgehead atoms. The first-order chi connectivity index (χ1) is 6.74. The molecule has 14 heavy (non-hydrogen) atoms. The molecule has 1 aromatic carbocycles. The van der Waals surface area contributed by atoms with Crippen LogP contribution in [0.4, 0.5) is 0 Å². The first-order valence-corrected chi connectivity index (χ1v) is 4.62. The van der Waals surface area contributed by atoms with E-state index in [1.54, 1.807) is 25.3 Å². The summed E-state index contributed by atoms with van der Waals surface area (Å²) in [5, 5.41) is 9.76. The summed E-state index contributed by atoms with van der Waals surface area (Å²) in [5.41, 5.74) is 1.24. The second-order valence-electron chi connectivity index (χ2n) is 3.40. The van der Waals surface area contributed by atoms with Gasteiger partial charge < -0.3 is 9.84 Å². The van der Waals surface area contributed by atoms with Gasteiger partial charge in [0.15, 0.2) is 5.78 Å². The summed E-state index contributed by atoms with van der Waals surface area (Å²) < 4.78 is 5.12. The Kier molecular flexibility index (Phi) is 2.25. The maximum absolute atomic E-state index is 11.5. The van der Waals surface area contributed by atoms with Gasteiger partial charge in [0.1, 0.15) is 5.75 Å². The van der Waals surface area contributed by atoms with Gasteiger partial charge in [-0.05, 0) is 12.5 Å². The third kappa shape index (κ3) is 1.30. The third-order valence-corrected chi connectivity index (χ3v) is 2.56. The minimum absolute atomic E-state index is 0.0872. The van der Waals surface area contributed by atoms with E-state index in [9.17, 15) is 9.90 Å². The maximum atomic E-state index is 11.5. The molecule has 0 aromatic heterocycles. The molecular weight excluding hydrogens is 180 g/mol. The molecule has 0 radical (unpaired) electrons. The molecule has 3 nitrogen and oxygen atoms in total. The van der Waals surface area contributed by atoms with Crippen LogP contribution in [-0.2, 0) is 0 Å². The van der Waals surface area contributed by atoms with Crippen molar-refractivity contribution < 1.29 is 14.6 Å². The zero-order valence-corrected chi connectivity index (χ0v) is 7.99. The lowest BCUT2D eigenvalue weighted by molar-refractivity contribution is 0.0892. The molecular formula is C11H12O3. The second kappa shape index (κ2) is 3.42. The Morgan fingerprint density at radius 2 is 2.29 bits per heavy atom. The predicted octanol–water partition coefficient (Wildman–Crippen LogP) is 1.71. The average molecular weight is 192 g/mol. The fourth-order valence-corrected chi connectivity index (χ4v) is 1.86. The number of carbonyl (C=O) groups is 1. The van der Waals surface area contributed by atoms with Gasteiger partial charge in [0.05, 0.1) is 13.2 Å². The number of aliphatic hydroxyl groups excluding tert-OH is 1. The number of Topliss-reactive ketones (excluding diaryl/α,β-unsaturated/α-hetero) is 1. The maximum Gasteiger partial charge on any atom is 0.163 e. The van der Waals surface area contributed by atoms with Crippen molar-refractivity contribution in [3.63, 3.8) is 0 Å². The Morgan fingerprint density at radius 3 is 3.00 bits per heavy atom. The summed E-state index contributed by atoms with van der Waals surface area (Å²) >= 11 is 0. The number of methoxy groups -OCH3 is 1. The lowest BCUT2D eigenvalue weighted by Crippen LogP contribution is -2.16. The number of hydrogen-bond donors (Lipinski definition) is 1. The molecule has 0 unspecified atom stereocenters. The average Bonchev–Trinajstić information content (AvgIpc) is 2.23. The van der Waals surface area contributed by atoms with Gasteiger partial charge in [0.2, 0.25) is 0 Å². The molecule has 1 aliphatic carbocycles. The molecule has 0 aliphatic heterocycles. The number of benzene rings is 1. The van der Waals surface area contributed by atoms with Gasteiger partial charge in [-0.1, -0.05) is 12.1 Å². The highest BCUT2D eigenvalue weighted by Gasteiger charge is 2.26. The Labute approximate surface area is 82.3 Å². The van der Waals surface area contributed by atoms with Crippen molar-refractivity contribution in [2.45, 2.75) is 18.9 Å². The number of aliphatic hydroxyl groups is 1. The van der Waals surface area contributed by atoms with E-state index < -0.39 is 6.10 Å². The predicted molar refractivity (Wildman–Crippen MR) is 51.5 cm³/mol. The van der Waals surface area contributed by atoms with E-state index in [2.05, 4.69) is 0 Å². The number of fused-ring (bicyclic) bond motifs is 1. The van der Waals surface area contributed by atoms with Crippen molar-refractivity contribution in [1.29, 1.82) is 0 Å². The number of hydrogen-bond acceptors (Lipinski definition) is 3. The number of carbonyl (C=O) groups excluding carboxylic acids is 1. The molecule has 3 heteroatoms. The van der Waals surface area contributed by atoms with Gasteiger partial charge in [-0.3, -0.25) is 4.79 Å². The summed E-state index contributed by atoms with van der Waals surface area (Å²) in [4.78, 5) is 11.5. The van der Waals surface area contributed by atoms with E-state index in [4.69, 9.17) is 4.74 Å². The van der Waals surface area contributed by atoms with Crippen molar-refractivity contribution in [3.05, 3.63) is 29.3 Å². The van der Waals surface area contributed by atoms with Crippen molar-refractivity contribution >= 4 is 5.78 Å². The van der Waals surface area contributed by atoms with Crippen molar-refractivity contribution in [3.8, 4) is 5.75 Å². The largest absolute Gasteiger partial charge is 0.496 e. The quantitative estimate of drug-likeness (QED) is 0.736. The highest BCUT2D eigenvalue weighted by molar-refractivity contribution is 5.99. The lowest BCUT2D eigenvalue weighted by Gasteiger charge is -2.22. The monoisotopic (exact) mass is 192 g/mol. The zero-order chi connectivity index (χ0) is 10.1. The van der Waals surface area contributed by atoms with Crippen LogP contribution in [-0.4, -0.2) is 18.0 Å². The highest BCUT2D eigenvalue weighted by Crippen LogP contribution is 2.35. The molecule has 0 saturated carbocycles. The van der Waals surface area contributed by atoms with Crippen LogP contribution >= 0.6 is 0 Å². The minimum Gasteiger partial charge on any atom is -0.496 e. The summed E-state index contributed by atoms with van der Waals surface area (Å²) in [6, 6.07) is 5.27. The Hall–Kier alpha value is -1.35. The molecule has 1 atom stereocenters. The van der Waals surface area contributed by atoms with Crippen molar-refractivity contribution in [2.75, 3.05) is 7.11 Å². The van der Waals surface area contributed by atoms with Crippen LogP contribution in [0, 0.1) is 0 Å². The topological polar surface area (TPSA) is 46.5 Å². The van der Waals surface area contributed by atoms with E-state index in [1.807, 2.05) is 0 Å². The Bertz CT molecular complexity index is 371. The summed E-state index contributed by atoms with van der Waals surface area (Å²) in [7, 11) is 1.54. The summed E-state index contributed by atoms with van der Waals surface area (Å²) in [6.45, 7) is 0. The van der Waals surface area contributed by atoms with Crippen LogP contribution in [0.25, 0.3) is 0 Å². The van der Waals surface area contributed by atoms with Crippen molar-refractivity contribution in [2.24, 2.45) is 0 Å². The first-order valence-electron chi connectivity index (χ1n) is 4.62. The van der Waals surface area contributed by atoms with Gasteiger partial charge in [-0.25, -0.2) is 0 Å². The molecule has 74 valence electrons. The molecule has 0 fully saturated rings. The summed E-state index contributed by atoms with van der Waals surface area (Å²) in [6.07, 6.45) is 0.340. The van der Waals surface area contributed by atoms with Gasteiger partial charge >= 0.3 is 0 Å². The zero-order valence-electron chi connectivity index (χ0n) is 7.99. The lowest BCUT2D eigenvalue weighted by atomic mass is 9.88. The van der Waals surface area contributed by atoms with Gasteiger partial charge in [-0.15, -0.1) is 0 Å². The number of rotatable bonds is 1. The van der Waals surface area contributed by atoms with E-state index in [0.29, 0.717) is 29.7 Å². The van der Waals surface area contributed by atoms with E-state index in [1.165, 1.54) is 0 Å². The normalized spacial score (nSPS) is 20.4. The van der Waals surface area contributed by atoms with Crippen LogP contribution < -0.4 is 4.74 Å². The van der Waals surface area contributed by atoms with Crippen LogP contribution in [0.15, 0.2) is 18.2 Å². The fraction of sp³-hybridized carbons (Fsp3) is 0.364. The molecule has 2 rings (SSSR count). The number of ether oxygens (including phenoxy) is 1. The van der Waals surface area contributed by atoms with Gasteiger partial charge in [-0.2, -0.15) is 0 Å². The van der Waals surface area contributed by atoms with Crippen LogP contribution in [0.1, 0.15) is 34.9 Å². The Morgan fingerprint density at radius 1 is 1.50 bits per heavy atom. The molecule has 0 spiro atoms. The molecule has 0 saturated heterocycles. The van der Waals surface area contributed by atoms with E-state index in [-0.39, 0.29) is 5.78 Å². The smallest absolute Gasteiger partial charge is 0.163 e. The first kappa shape index (κ1) is 9.21. The molecule has 1 aliphatic rings. The highest BCUT2D eigenvalue weighted by atomic mass is 16.5. The minimum atomic E-state index is -0.571. The number of ketones is 1. The van der Waals surface area contributed by atoms with Crippen LogP contribution in [0.5, 0.6) is 5.75 Å². The Balaban J connectivity index is 2.60. The fourth-order valence-electron chi connectivity index (χ4n) is 1.86. The third-order valence-electron chi connectivity index (χ3n) is 2.56. The van der Waals surface area contributed by atoms with E-state index in [0.717, 1.165) is 0 Å². The van der Waals surface area contributed by atoms with Crippen LogP contribution in [0.3, 0.4) is 0 Å². The molecule has 0 heterocycles. The van der Waals surface area contributed by atoms with Gasteiger partial charge in [0.25, 0.3) is 0 Å². The molecule has 0 amide bonds. The van der Waals surface area contributed by atoms with Crippen LogP contribution in [0.2, 0.25) is 0 Å². The van der Waals surface area contributed by atoms with Gasteiger partial charge in [0, 0.05) is 17.5 Å². The summed E-state index contributed by atoms with van der Waals surface area (Å²) in [5.74, 6) is 0.687. The second-order valence-corrected chi connectivity index (χ2v) is 3.40. The molecule has 1 N–H and O–H groups in total. The van der Waals surface area contributed by atoms with Crippen molar-refractivity contribution in [1.82, 2.24) is 0 Å². The standard InChI is InChI=1S/C11H12O3/c1-14-10-4-2-3-7-8(12)5-6-9(13)11(7)10/h2-4,9,13H,5-6H2,1H3/t9-/m0/s1. The molecule has 1 aromatic rings. The SMILES string of the molecule is COc1cccc2c1[C@@H](O)CCC2=O.